The van der Waals surface area contributed by atoms with Crippen LogP contribution in [-0.2, 0) is 15.0 Å². The first-order valence-corrected chi connectivity index (χ1v) is 15.1. The maximum Gasteiger partial charge on any atom is 0.222 e. The molecule has 8 atom stereocenters. The van der Waals surface area contributed by atoms with Gasteiger partial charge in [-0.25, -0.2) is 0 Å². The van der Waals surface area contributed by atoms with Gasteiger partial charge in [-0.3, -0.25) is 9.59 Å². The predicted molar refractivity (Wildman–Crippen MR) is 147 cm³/mol. The number of ketones is 2. The van der Waals surface area contributed by atoms with E-state index in [0.717, 1.165) is 50.8 Å². The van der Waals surface area contributed by atoms with Crippen LogP contribution in [0, 0.1) is 69.0 Å². The highest BCUT2D eigenvalue weighted by Gasteiger charge is 2.72. The second-order valence-electron chi connectivity index (χ2n) is 16.0. The number of aromatic nitrogens is 2. The van der Waals surface area contributed by atoms with Gasteiger partial charge >= 0.3 is 0 Å². The first-order chi connectivity index (χ1) is 18.1. The fraction of sp³-hybridized carbons (Fsp3) is 0.788. The largest absolute Gasteiger partial charge is 0.425 e. The summed E-state index contributed by atoms with van der Waals surface area (Å²) in [4.78, 5) is 27.9. The molecule has 4 saturated carbocycles. The zero-order chi connectivity index (χ0) is 28.4. The van der Waals surface area contributed by atoms with E-state index in [4.69, 9.17) is 4.42 Å². The summed E-state index contributed by atoms with van der Waals surface area (Å²) in [5.41, 5.74) is -1.04. The van der Waals surface area contributed by atoms with Crippen molar-refractivity contribution in [2.24, 2.45) is 50.7 Å². The summed E-state index contributed by atoms with van der Waals surface area (Å²) in [6.45, 7) is 17.7. The molecule has 1 aromatic rings. The highest BCUT2D eigenvalue weighted by Crippen LogP contribution is 2.75. The fourth-order valence-electron chi connectivity index (χ4n) is 11.2. The lowest BCUT2D eigenvalue weighted by atomic mass is 9.31. The normalized spacial score (nSPS) is 46.2. The molecule has 0 radical (unpaired) electrons. The Morgan fingerprint density at radius 1 is 0.923 bits per heavy atom. The van der Waals surface area contributed by atoms with Crippen molar-refractivity contribution >= 4 is 11.6 Å². The standard InChI is InChI=1S/C33H45N3O3/c1-19-35-36-27(39-19)33-13-11-28(2,3)17-21(33)25-22(37)15-24-30(6)16-20(18-34)26(38)29(4,5)23(30)9-10-31(24,7)32(25,8)12-14-33/h16,21,23-25H,9-15,17H2,1-8H3/t21-,23+,24-,25+,30+,31-,32-,33+/m1/s1. The van der Waals surface area contributed by atoms with E-state index in [0.29, 0.717) is 18.1 Å². The summed E-state index contributed by atoms with van der Waals surface area (Å²) in [7, 11) is 0. The number of nitrogens with zero attached hydrogens (tertiary/aromatic N) is 3. The molecule has 6 rings (SSSR count). The molecule has 0 spiro atoms. The molecule has 0 saturated heterocycles. The maximum absolute atomic E-state index is 14.6. The molecule has 6 heteroatoms. The van der Waals surface area contributed by atoms with E-state index in [1.807, 2.05) is 26.8 Å². The van der Waals surface area contributed by atoms with Crippen molar-refractivity contribution in [3.63, 3.8) is 0 Å². The number of fused-ring (bicyclic) bond motifs is 7. The molecule has 210 valence electrons. The number of carbonyl (C=O) groups is 2. The van der Waals surface area contributed by atoms with Crippen LogP contribution in [0.3, 0.4) is 0 Å². The molecular weight excluding hydrogens is 486 g/mol. The van der Waals surface area contributed by atoms with Crippen molar-refractivity contribution in [1.82, 2.24) is 10.2 Å². The maximum atomic E-state index is 14.6. The first kappa shape index (κ1) is 26.9. The molecule has 0 amide bonds. The molecule has 0 unspecified atom stereocenters. The monoisotopic (exact) mass is 531 g/mol. The lowest BCUT2D eigenvalue weighted by Crippen LogP contribution is -2.69. The molecule has 6 nitrogen and oxygen atoms in total. The van der Waals surface area contributed by atoms with Crippen molar-refractivity contribution in [2.75, 3.05) is 0 Å². The van der Waals surface area contributed by atoms with Crippen LogP contribution in [0.15, 0.2) is 16.1 Å². The van der Waals surface area contributed by atoms with Gasteiger partial charge in [-0.15, -0.1) is 10.2 Å². The van der Waals surface area contributed by atoms with Crippen molar-refractivity contribution in [1.29, 1.82) is 5.26 Å². The molecule has 4 fully saturated rings. The Morgan fingerprint density at radius 3 is 2.26 bits per heavy atom. The minimum absolute atomic E-state index is 0.0379. The van der Waals surface area contributed by atoms with E-state index in [2.05, 4.69) is 50.9 Å². The Bertz CT molecular complexity index is 1330. The third kappa shape index (κ3) is 3.25. The zero-order valence-corrected chi connectivity index (χ0v) is 25.1. The third-order valence-corrected chi connectivity index (χ3v) is 13.4. The van der Waals surface area contributed by atoms with E-state index in [1.54, 1.807) is 0 Å². The van der Waals surface area contributed by atoms with Gasteiger partial charge in [0.1, 0.15) is 11.9 Å². The lowest BCUT2D eigenvalue weighted by Gasteiger charge is -2.71. The second kappa shape index (κ2) is 7.92. The highest BCUT2D eigenvalue weighted by molar-refractivity contribution is 6.04. The summed E-state index contributed by atoms with van der Waals surface area (Å²) < 4.78 is 6.17. The van der Waals surface area contributed by atoms with Gasteiger partial charge in [0.25, 0.3) is 0 Å². The Hall–Kier alpha value is -2.29. The summed E-state index contributed by atoms with van der Waals surface area (Å²) in [5, 5.41) is 18.8. The number of rotatable bonds is 1. The Kier molecular flexibility index (Phi) is 5.46. The Morgan fingerprint density at radius 2 is 1.62 bits per heavy atom. The van der Waals surface area contributed by atoms with Gasteiger partial charge in [-0.05, 0) is 84.4 Å². The van der Waals surface area contributed by atoms with Gasteiger partial charge in [0.15, 0.2) is 5.78 Å². The molecule has 0 bridgehead atoms. The number of Topliss-reactive ketones (excluding diaryl/α,β-unsaturated/α-hetero) is 2. The summed E-state index contributed by atoms with van der Waals surface area (Å²) in [5.74, 6) is 2.01. The summed E-state index contributed by atoms with van der Waals surface area (Å²) in [6.07, 6.45) is 9.42. The van der Waals surface area contributed by atoms with E-state index in [9.17, 15) is 14.9 Å². The van der Waals surface area contributed by atoms with Crippen LogP contribution in [0.2, 0.25) is 0 Å². The second-order valence-corrected chi connectivity index (χ2v) is 16.0. The van der Waals surface area contributed by atoms with Crippen molar-refractivity contribution < 1.29 is 14.0 Å². The third-order valence-electron chi connectivity index (χ3n) is 13.4. The first-order valence-electron chi connectivity index (χ1n) is 15.1. The molecule has 5 aliphatic rings. The van der Waals surface area contributed by atoms with Gasteiger partial charge < -0.3 is 4.42 Å². The predicted octanol–water partition coefficient (Wildman–Crippen LogP) is 6.93. The number of nitriles is 1. The zero-order valence-electron chi connectivity index (χ0n) is 25.1. The topological polar surface area (TPSA) is 96.9 Å². The Balaban J connectivity index is 1.49. The van der Waals surface area contributed by atoms with E-state index in [1.165, 1.54) is 0 Å². The van der Waals surface area contributed by atoms with E-state index in [-0.39, 0.29) is 62.1 Å². The van der Waals surface area contributed by atoms with Crippen molar-refractivity contribution in [3.8, 4) is 6.07 Å². The lowest BCUT2D eigenvalue weighted by molar-refractivity contribution is -0.215. The number of hydrogen-bond donors (Lipinski definition) is 0. The van der Waals surface area contributed by atoms with Crippen LogP contribution in [0.25, 0.3) is 0 Å². The van der Waals surface area contributed by atoms with Gasteiger partial charge in [-0.1, -0.05) is 54.5 Å². The molecular formula is C33H45N3O3. The van der Waals surface area contributed by atoms with Crippen LogP contribution in [0.5, 0.6) is 0 Å². The van der Waals surface area contributed by atoms with Crippen LogP contribution in [0.1, 0.15) is 112 Å². The fourth-order valence-corrected chi connectivity index (χ4v) is 11.2. The molecule has 1 aromatic heterocycles. The number of allylic oxidation sites excluding steroid dienone is 2. The quantitative estimate of drug-likeness (QED) is 0.390. The molecule has 0 N–H and O–H groups in total. The average molecular weight is 532 g/mol. The van der Waals surface area contributed by atoms with Crippen molar-refractivity contribution in [3.05, 3.63) is 23.4 Å². The number of aryl methyl sites for hydroxylation is 1. The van der Waals surface area contributed by atoms with Crippen LogP contribution >= 0.6 is 0 Å². The molecule has 5 aliphatic carbocycles. The van der Waals surface area contributed by atoms with E-state index >= 15 is 0 Å². The number of hydrogen-bond acceptors (Lipinski definition) is 6. The number of carbonyl (C=O) groups excluding carboxylic acids is 2. The van der Waals surface area contributed by atoms with E-state index < -0.39 is 5.41 Å². The summed E-state index contributed by atoms with van der Waals surface area (Å²) in [6, 6.07) is 2.23. The average Bonchev–Trinajstić information content (AvgIpc) is 3.29. The smallest absolute Gasteiger partial charge is 0.222 e. The van der Waals surface area contributed by atoms with Crippen molar-refractivity contribution in [2.45, 2.75) is 112 Å². The van der Waals surface area contributed by atoms with Gasteiger partial charge in [0, 0.05) is 24.7 Å². The highest BCUT2D eigenvalue weighted by atomic mass is 16.4. The molecule has 1 heterocycles. The SMILES string of the molecule is Cc1nnc([C@]23CCC(C)(C)C[C@@H]2[C@H]2C(=O)C[C@@H]4[C@@]5(C)C=C(C#N)C(=O)C(C)(C)[C@@H]5CC[C@@]4(C)[C@]2(C)CC3)o1. The van der Waals surface area contributed by atoms with Crippen LogP contribution < -0.4 is 0 Å². The van der Waals surface area contributed by atoms with Crippen LogP contribution in [-0.4, -0.2) is 21.8 Å². The van der Waals surface area contributed by atoms with Gasteiger partial charge in [0.2, 0.25) is 11.8 Å². The van der Waals surface area contributed by atoms with Gasteiger partial charge in [-0.2, -0.15) is 5.26 Å². The summed E-state index contributed by atoms with van der Waals surface area (Å²) >= 11 is 0. The minimum Gasteiger partial charge on any atom is -0.425 e. The molecule has 0 aliphatic heterocycles. The molecule has 0 aromatic carbocycles. The minimum atomic E-state index is -0.610. The molecule has 39 heavy (non-hydrogen) atoms. The van der Waals surface area contributed by atoms with Crippen LogP contribution in [0.4, 0.5) is 0 Å². The van der Waals surface area contributed by atoms with Gasteiger partial charge in [0.05, 0.1) is 11.0 Å². The Labute approximate surface area is 233 Å².